The predicted octanol–water partition coefficient (Wildman–Crippen LogP) is 8.58. The summed E-state index contributed by atoms with van der Waals surface area (Å²) in [4.78, 5) is 15.0. The third-order valence-electron chi connectivity index (χ3n) is 5.83. The number of hydrogen-bond donors (Lipinski definition) is 1. The number of nitrogens with zero attached hydrogens (tertiary/aromatic N) is 1. The Morgan fingerprint density at radius 3 is 1.86 bits per heavy atom. The predicted molar refractivity (Wildman–Crippen MR) is 150 cm³/mol. The van der Waals surface area contributed by atoms with E-state index in [1.54, 1.807) is 0 Å². The molecular formula is C33H29IrNO2. The number of fused-ring (bicyclic) bond motifs is 1. The number of rotatable bonds is 4. The fraction of sp³-hybridized carbons (Fsp3) is 0.0909. The average Bonchev–Trinajstić information content (AvgIpc) is 2.88. The second-order valence-corrected chi connectivity index (χ2v) is 8.73. The Morgan fingerprint density at radius 2 is 1.30 bits per heavy atom. The first-order valence-corrected chi connectivity index (χ1v) is 11.9. The standard InChI is InChI=1S/C28H21N.C5H8O2.Ir/c1-20-10-8-9-15-24(20)28-19-25(22-13-6-3-7-14-22)26-18-23(16-17-27(26)29-28)21-11-4-2-5-12-21;1-4(6)3-5(2)7;/h2-19H,1H3;3,6H,1-2H3;/b;4-3-;. The van der Waals surface area contributed by atoms with E-state index in [1.807, 2.05) is 0 Å². The van der Waals surface area contributed by atoms with Crippen LogP contribution in [0.3, 0.4) is 0 Å². The van der Waals surface area contributed by atoms with Gasteiger partial charge in [-0.3, -0.25) is 4.79 Å². The summed E-state index contributed by atoms with van der Waals surface area (Å²) in [7, 11) is 0. The van der Waals surface area contributed by atoms with Crippen molar-refractivity contribution in [1.29, 1.82) is 0 Å². The van der Waals surface area contributed by atoms with Crippen LogP contribution in [0.2, 0.25) is 0 Å². The van der Waals surface area contributed by atoms with Gasteiger partial charge < -0.3 is 5.11 Å². The molecule has 0 unspecified atom stereocenters. The van der Waals surface area contributed by atoms with Gasteiger partial charge in [0.15, 0.2) is 5.78 Å². The zero-order valence-electron chi connectivity index (χ0n) is 21.1. The van der Waals surface area contributed by atoms with Gasteiger partial charge in [0.1, 0.15) is 0 Å². The van der Waals surface area contributed by atoms with Crippen molar-refractivity contribution in [2.24, 2.45) is 0 Å². The number of carbonyl (C=O) groups excluding carboxylic acids is 1. The van der Waals surface area contributed by atoms with Crippen molar-refractivity contribution in [2.45, 2.75) is 20.8 Å². The summed E-state index contributed by atoms with van der Waals surface area (Å²) in [6.45, 7) is 4.99. The molecule has 0 atom stereocenters. The molecule has 0 saturated heterocycles. The topological polar surface area (TPSA) is 50.2 Å². The number of hydrogen-bond acceptors (Lipinski definition) is 3. The minimum absolute atomic E-state index is 0. The number of pyridine rings is 1. The van der Waals surface area contributed by atoms with Crippen molar-refractivity contribution in [3.63, 3.8) is 0 Å². The van der Waals surface area contributed by atoms with Crippen LogP contribution < -0.4 is 0 Å². The van der Waals surface area contributed by atoms with E-state index in [-0.39, 0.29) is 31.6 Å². The van der Waals surface area contributed by atoms with Crippen molar-refractivity contribution in [3.8, 4) is 33.5 Å². The minimum atomic E-state index is -0.125. The van der Waals surface area contributed by atoms with E-state index >= 15 is 0 Å². The number of carbonyl (C=O) groups is 1. The second-order valence-electron chi connectivity index (χ2n) is 8.73. The van der Waals surface area contributed by atoms with Crippen molar-refractivity contribution >= 4 is 16.7 Å². The number of benzene rings is 4. The first kappa shape index (κ1) is 27.7. The van der Waals surface area contributed by atoms with Gasteiger partial charge in [-0.05, 0) is 66.8 Å². The quantitative estimate of drug-likeness (QED) is 0.155. The van der Waals surface area contributed by atoms with Crippen molar-refractivity contribution < 1.29 is 30.0 Å². The molecule has 5 rings (SSSR count). The van der Waals surface area contributed by atoms with Crippen LogP contribution in [0.4, 0.5) is 0 Å². The first-order valence-electron chi connectivity index (χ1n) is 11.9. The van der Waals surface area contributed by atoms with Crippen LogP contribution in [-0.4, -0.2) is 15.9 Å². The van der Waals surface area contributed by atoms with Crippen LogP contribution in [0.25, 0.3) is 44.4 Å². The molecule has 1 radical (unpaired) electrons. The molecule has 0 aliphatic rings. The molecule has 187 valence electrons. The third-order valence-corrected chi connectivity index (χ3v) is 5.83. The van der Waals surface area contributed by atoms with Crippen LogP contribution in [-0.2, 0) is 24.9 Å². The zero-order chi connectivity index (χ0) is 25.5. The van der Waals surface area contributed by atoms with Gasteiger partial charge in [-0.2, -0.15) is 0 Å². The van der Waals surface area contributed by atoms with Crippen molar-refractivity contribution in [1.82, 2.24) is 4.98 Å². The van der Waals surface area contributed by atoms with Gasteiger partial charge in [-0.25, -0.2) is 4.98 Å². The van der Waals surface area contributed by atoms with Crippen LogP contribution in [0, 0.1) is 6.92 Å². The maximum atomic E-state index is 10.0. The smallest absolute Gasteiger partial charge is 0.155 e. The van der Waals surface area contributed by atoms with Gasteiger partial charge in [0.2, 0.25) is 0 Å². The van der Waals surface area contributed by atoms with Crippen LogP contribution in [0.5, 0.6) is 0 Å². The molecule has 1 N–H and O–H groups in total. The van der Waals surface area contributed by atoms with Gasteiger partial charge >= 0.3 is 0 Å². The normalized spacial score (nSPS) is 10.7. The molecule has 0 bridgehead atoms. The Morgan fingerprint density at radius 1 is 0.703 bits per heavy atom. The molecule has 37 heavy (non-hydrogen) atoms. The van der Waals surface area contributed by atoms with Gasteiger partial charge in [0.25, 0.3) is 0 Å². The number of aromatic nitrogens is 1. The fourth-order valence-electron chi connectivity index (χ4n) is 4.18. The third kappa shape index (κ3) is 7.10. The zero-order valence-corrected chi connectivity index (χ0v) is 23.5. The Bertz CT molecular complexity index is 1520. The summed E-state index contributed by atoms with van der Waals surface area (Å²) >= 11 is 0. The molecule has 1 aromatic heterocycles. The molecule has 5 aromatic rings. The van der Waals surface area contributed by atoms with E-state index in [9.17, 15) is 4.79 Å². The summed E-state index contributed by atoms with van der Waals surface area (Å²) < 4.78 is 0. The maximum absolute atomic E-state index is 10.0. The Hall–Kier alpha value is -3.85. The molecule has 4 heteroatoms. The summed E-state index contributed by atoms with van der Waals surface area (Å²) in [5.74, 6) is -0.0625. The second kappa shape index (κ2) is 12.9. The first-order chi connectivity index (χ1) is 17.4. The van der Waals surface area contributed by atoms with Crippen molar-refractivity contribution in [2.75, 3.05) is 0 Å². The van der Waals surface area contributed by atoms with E-state index < -0.39 is 0 Å². The van der Waals surface area contributed by atoms with Gasteiger partial charge in [0, 0.05) is 37.1 Å². The van der Waals surface area contributed by atoms with Crippen LogP contribution in [0.15, 0.2) is 121 Å². The molecule has 3 nitrogen and oxygen atoms in total. The summed E-state index contributed by atoms with van der Waals surface area (Å²) in [6, 6.07) is 38.4. The summed E-state index contributed by atoms with van der Waals surface area (Å²) in [5, 5.41) is 9.54. The van der Waals surface area contributed by atoms with E-state index in [0.29, 0.717) is 0 Å². The average molecular weight is 664 g/mol. The number of allylic oxidation sites excluding steroid dienone is 2. The van der Waals surface area contributed by atoms with E-state index in [0.717, 1.165) is 11.2 Å². The van der Waals surface area contributed by atoms with E-state index in [2.05, 4.69) is 116 Å². The summed E-state index contributed by atoms with van der Waals surface area (Å²) in [5.41, 5.74) is 9.30. The van der Waals surface area contributed by atoms with Gasteiger partial charge in [-0.15, -0.1) is 0 Å². The number of aryl methyl sites for hydroxylation is 1. The Labute approximate surface area is 231 Å². The molecule has 0 amide bonds. The molecule has 4 aromatic carbocycles. The maximum Gasteiger partial charge on any atom is 0.155 e. The number of aliphatic hydroxyl groups is 1. The SMILES string of the molecule is CC(=O)/C=C(/C)O.Cc1ccccc1-c1cc(-c2ccccc2)c2cc(-c3ccccc3)ccc2n1.[Ir]. The monoisotopic (exact) mass is 664 g/mol. The van der Waals surface area contributed by atoms with Gasteiger partial charge in [0.05, 0.1) is 17.0 Å². The number of aliphatic hydroxyl groups excluding tert-OH is 1. The van der Waals surface area contributed by atoms with Crippen LogP contribution in [0.1, 0.15) is 19.4 Å². The Balaban J connectivity index is 0.000000422. The molecule has 0 aliphatic carbocycles. The summed E-state index contributed by atoms with van der Waals surface area (Å²) in [6.07, 6.45) is 1.17. The fourth-order valence-corrected chi connectivity index (χ4v) is 4.18. The van der Waals surface area contributed by atoms with E-state index in [4.69, 9.17) is 10.1 Å². The van der Waals surface area contributed by atoms with Gasteiger partial charge in [-0.1, -0.05) is 91.0 Å². The molecule has 0 aliphatic heterocycles. The Kier molecular flexibility index (Phi) is 9.68. The largest absolute Gasteiger partial charge is 0.512 e. The molecular weight excluding hydrogens is 635 g/mol. The van der Waals surface area contributed by atoms with Crippen LogP contribution >= 0.6 is 0 Å². The molecule has 0 fully saturated rings. The molecule has 0 saturated carbocycles. The molecule has 0 spiro atoms. The van der Waals surface area contributed by atoms with E-state index in [1.165, 1.54) is 58.7 Å². The number of ketones is 1. The van der Waals surface area contributed by atoms with Crippen molar-refractivity contribution in [3.05, 3.63) is 127 Å². The minimum Gasteiger partial charge on any atom is -0.512 e. The molecule has 1 heterocycles.